The van der Waals surface area contributed by atoms with E-state index in [0.717, 1.165) is 12.5 Å². The van der Waals surface area contributed by atoms with Crippen molar-refractivity contribution in [2.45, 2.75) is 72.8 Å². The van der Waals surface area contributed by atoms with Gasteiger partial charge < -0.3 is 5.32 Å². The Morgan fingerprint density at radius 1 is 1.29 bits per heavy atom. The van der Waals surface area contributed by atoms with Gasteiger partial charge in [-0.1, -0.05) is 46.3 Å². The Balaban J connectivity index is 2.62. The van der Waals surface area contributed by atoms with Gasteiger partial charge in [-0.15, -0.1) is 0 Å². The van der Waals surface area contributed by atoms with Gasteiger partial charge in [0.15, 0.2) is 0 Å². The molecular formula is C16H31N. The predicted molar refractivity (Wildman–Crippen MR) is 77.3 cm³/mol. The molecule has 0 bridgehead atoms. The summed E-state index contributed by atoms with van der Waals surface area (Å²) < 4.78 is 0. The number of likely N-dealkylation sites (N-methyl/N-ethyl adjacent to an activating group) is 1. The second-order valence-corrected chi connectivity index (χ2v) is 6.64. The van der Waals surface area contributed by atoms with E-state index in [-0.39, 0.29) is 0 Å². The molecule has 1 aliphatic carbocycles. The molecule has 0 heterocycles. The van der Waals surface area contributed by atoms with E-state index in [1.165, 1.54) is 32.1 Å². The maximum Gasteiger partial charge on any atom is 0.0282 e. The Kier molecular flexibility index (Phi) is 5.72. The first kappa shape index (κ1) is 14.8. The number of rotatable bonds is 5. The normalized spacial score (nSPS) is 20.9. The zero-order valence-corrected chi connectivity index (χ0v) is 12.5. The second-order valence-electron chi connectivity index (χ2n) is 6.64. The molecule has 1 heteroatoms. The van der Waals surface area contributed by atoms with Crippen LogP contribution < -0.4 is 5.32 Å². The molecular weight excluding hydrogens is 206 g/mol. The molecule has 2 unspecified atom stereocenters. The van der Waals surface area contributed by atoms with Crippen molar-refractivity contribution in [3.8, 4) is 0 Å². The lowest BCUT2D eigenvalue weighted by Gasteiger charge is -2.33. The van der Waals surface area contributed by atoms with E-state index in [4.69, 9.17) is 0 Å². The van der Waals surface area contributed by atoms with Crippen LogP contribution in [0.3, 0.4) is 0 Å². The van der Waals surface area contributed by atoms with E-state index in [9.17, 15) is 0 Å². The van der Waals surface area contributed by atoms with Crippen molar-refractivity contribution in [1.29, 1.82) is 0 Å². The van der Waals surface area contributed by atoms with Gasteiger partial charge in [0, 0.05) is 6.04 Å². The van der Waals surface area contributed by atoms with Crippen molar-refractivity contribution in [3.63, 3.8) is 0 Å². The molecule has 0 saturated carbocycles. The highest BCUT2D eigenvalue weighted by atomic mass is 14.9. The first-order chi connectivity index (χ1) is 7.95. The lowest BCUT2D eigenvalue weighted by molar-refractivity contribution is 0.229. The van der Waals surface area contributed by atoms with Gasteiger partial charge in [0.25, 0.3) is 0 Å². The fraction of sp³-hybridized carbons (Fsp3) is 0.875. The van der Waals surface area contributed by atoms with Crippen molar-refractivity contribution < 1.29 is 0 Å². The quantitative estimate of drug-likeness (QED) is 0.692. The summed E-state index contributed by atoms with van der Waals surface area (Å²) >= 11 is 0. The summed E-state index contributed by atoms with van der Waals surface area (Å²) in [7, 11) is 0. The molecule has 1 nitrogen and oxygen atoms in total. The van der Waals surface area contributed by atoms with E-state index in [2.05, 4.69) is 46.0 Å². The number of nitrogens with one attached hydrogen (secondary N) is 1. The van der Waals surface area contributed by atoms with E-state index in [1.807, 2.05) is 0 Å². The molecule has 0 aromatic rings. The van der Waals surface area contributed by atoms with Gasteiger partial charge in [-0.05, 0) is 50.0 Å². The zero-order chi connectivity index (χ0) is 12.9. The Hall–Kier alpha value is -0.300. The van der Waals surface area contributed by atoms with Crippen LogP contribution in [-0.4, -0.2) is 12.6 Å². The fourth-order valence-corrected chi connectivity index (χ4v) is 2.50. The molecule has 1 N–H and O–H groups in total. The molecule has 0 aromatic carbocycles. The van der Waals surface area contributed by atoms with Crippen LogP contribution in [0.15, 0.2) is 11.6 Å². The first-order valence-electron chi connectivity index (χ1n) is 7.37. The lowest BCUT2D eigenvalue weighted by atomic mass is 9.76. The van der Waals surface area contributed by atoms with Crippen molar-refractivity contribution in [2.24, 2.45) is 11.3 Å². The fourth-order valence-electron chi connectivity index (χ4n) is 2.50. The summed E-state index contributed by atoms with van der Waals surface area (Å²) in [4.78, 5) is 0. The van der Waals surface area contributed by atoms with Gasteiger partial charge in [-0.2, -0.15) is 0 Å². The third-order valence-electron chi connectivity index (χ3n) is 4.29. The van der Waals surface area contributed by atoms with Crippen LogP contribution in [0.5, 0.6) is 0 Å². The van der Waals surface area contributed by atoms with Crippen molar-refractivity contribution in [1.82, 2.24) is 5.32 Å². The summed E-state index contributed by atoms with van der Waals surface area (Å²) in [5.74, 6) is 0.759. The average Bonchev–Trinajstić information content (AvgIpc) is 2.28. The van der Waals surface area contributed by atoms with Gasteiger partial charge in [0.2, 0.25) is 0 Å². The third kappa shape index (κ3) is 4.83. The molecule has 0 aliphatic heterocycles. The maximum atomic E-state index is 3.69. The SMILES string of the molecule is CCNC(CC(C)C(C)(C)C)C1=CCCCC1. The van der Waals surface area contributed by atoms with E-state index >= 15 is 0 Å². The number of allylic oxidation sites excluding steroid dienone is 1. The summed E-state index contributed by atoms with van der Waals surface area (Å²) in [5.41, 5.74) is 2.09. The first-order valence-corrected chi connectivity index (χ1v) is 7.37. The van der Waals surface area contributed by atoms with Crippen LogP contribution in [-0.2, 0) is 0 Å². The Morgan fingerprint density at radius 3 is 2.47 bits per heavy atom. The molecule has 0 saturated heterocycles. The minimum atomic E-state index is 0.420. The van der Waals surface area contributed by atoms with E-state index < -0.39 is 0 Å². The smallest absolute Gasteiger partial charge is 0.0282 e. The van der Waals surface area contributed by atoms with Gasteiger partial charge in [0.1, 0.15) is 0 Å². The predicted octanol–water partition coefficient (Wildman–Crippen LogP) is 4.54. The van der Waals surface area contributed by atoms with Crippen LogP contribution >= 0.6 is 0 Å². The van der Waals surface area contributed by atoms with E-state index in [1.54, 1.807) is 5.57 Å². The lowest BCUT2D eigenvalue weighted by Crippen LogP contribution is -2.35. The summed E-state index contributed by atoms with van der Waals surface area (Å²) in [6, 6.07) is 0.620. The Bertz CT molecular complexity index is 247. The molecule has 17 heavy (non-hydrogen) atoms. The molecule has 2 atom stereocenters. The highest BCUT2D eigenvalue weighted by molar-refractivity contribution is 5.13. The molecule has 1 rings (SSSR count). The monoisotopic (exact) mass is 237 g/mol. The Morgan fingerprint density at radius 2 is 2.00 bits per heavy atom. The summed E-state index contributed by atoms with van der Waals surface area (Å²) in [6.45, 7) is 12.8. The second kappa shape index (κ2) is 6.58. The van der Waals surface area contributed by atoms with Gasteiger partial charge in [-0.25, -0.2) is 0 Å². The molecule has 100 valence electrons. The highest BCUT2D eigenvalue weighted by Gasteiger charge is 2.25. The van der Waals surface area contributed by atoms with Crippen LogP contribution in [0.4, 0.5) is 0 Å². The topological polar surface area (TPSA) is 12.0 Å². The van der Waals surface area contributed by atoms with Crippen LogP contribution in [0, 0.1) is 11.3 Å². The van der Waals surface area contributed by atoms with Gasteiger partial charge >= 0.3 is 0 Å². The molecule has 0 aromatic heterocycles. The third-order valence-corrected chi connectivity index (χ3v) is 4.29. The number of hydrogen-bond acceptors (Lipinski definition) is 1. The Labute approximate surface area is 108 Å². The van der Waals surface area contributed by atoms with Crippen molar-refractivity contribution in [2.75, 3.05) is 6.54 Å². The molecule has 1 aliphatic rings. The van der Waals surface area contributed by atoms with Crippen molar-refractivity contribution >= 4 is 0 Å². The van der Waals surface area contributed by atoms with Gasteiger partial charge in [0.05, 0.1) is 0 Å². The maximum absolute atomic E-state index is 3.69. The van der Waals surface area contributed by atoms with Crippen LogP contribution in [0.25, 0.3) is 0 Å². The summed E-state index contributed by atoms with van der Waals surface area (Å²) in [6.07, 6.45) is 9.15. The van der Waals surface area contributed by atoms with E-state index in [0.29, 0.717) is 11.5 Å². The van der Waals surface area contributed by atoms with Crippen LogP contribution in [0.2, 0.25) is 0 Å². The molecule has 0 radical (unpaired) electrons. The summed E-state index contributed by atoms with van der Waals surface area (Å²) in [5, 5.41) is 3.69. The van der Waals surface area contributed by atoms with Crippen LogP contribution in [0.1, 0.15) is 66.7 Å². The van der Waals surface area contributed by atoms with Gasteiger partial charge in [-0.3, -0.25) is 0 Å². The largest absolute Gasteiger partial charge is 0.311 e. The zero-order valence-electron chi connectivity index (χ0n) is 12.5. The minimum Gasteiger partial charge on any atom is -0.311 e. The molecule has 0 amide bonds. The molecule has 0 spiro atoms. The highest BCUT2D eigenvalue weighted by Crippen LogP contribution is 2.32. The number of hydrogen-bond donors (Lipinski definition) is 1. The molecule has 0 fully saturated rings. The average molecular weight is 237 g/mol. The standard InChI is InChI=1S/C16H31N/c1-6-17-15(12-13(2)16(3,4)5)14-10-8-7-9-11-14/h10,13,15,17H,6-9,11-12H2,1-5H3. The van der Waals surface area contributed by atoms with Crippen molar-refractivity contribution in [3.05, 3.63) is 11.6 Å². The minimum absolute atomic E-state index is 0.420.